The second-order valence-corrected chi connectivity index (χ2v) is 5.71. The van der Waals surface area contributed by atoms with Gasteiger partial charge in [-0.2, -0.15) is 0 Å². The van der Waals surface area contributed by atoms with Crippen LogP contribution in [0.3, 0.4) is 0 Å². The molecular formula is C17H25NO3. The molecule has 1 atom stereocenters. The standard InChI is InChI=1S/C17H25NO3/c1-4-8-17(9-5-10-18-12-17)16(19)13-6-7-14(20-2)15(11-13)21-3/h6-7,11,18H,4-5,8-10,12H2,1-3H3. The first kappa shape index (κ1) is 15.8. The smallest absolute Gasteiger partial charge is 0.170 e. The first-order chi connectivity index (χ1) is 10.2. The van der Waals surface area contributed by atoms with Crippen LogP contribution in [0.5, 0.6) is 11.5 Å². The summed E-state index contributed by atoms with van der Waals surface area (Å²) < 4.78 is 10.6. The van der Waals surface area contributed by atoms with Crippen molar-refractivity contribution in [2.45, 2.75) is 32.6 Å². The maximum atomic E-state index is 13.0. The van der Waals surface area contributed by atoms with E-state index in [0.717, 1.165) is 38.8 Å². The zero-order valence-corrected chi connectivity index (χ0v) is 13.2. The normalized spacial score (nSPS) is 21.9. The van der Waals surface area contributed by atoms with Crippen molar-refractivity contribution < 1.29 is 14.3 Å². The fourth-order valence-corrected chi connectivity index (χ4v) is 3.25. The van der Waals surface area contributed by atoms with Crippen LogP contribution in [0, 0.1) is 5.41 Å². The molecule has 4 heteroatoms. The third-order valence-corrected chi connectivity index (χ3v) is 4.33. The Labute approximate surface area is 126 Å². The SMILES string of the molecule is CCCC1(C(=O)c2ccc(OC)c(OC)c2)CCCNC1. The van der Waals surface area contributed by atoms with Crippen LogP contribution < -0.4 is 14.8 Å². The number of nitrogens with one attached hydrogen (secondary N) is 1. The van der Waals surface area contributed by atoms with Gasteiger partial charge in [0.15, 0.2) is 17.3 Å². The number of ether oxygens (including phenoxy) is 2. The van der Waals surface area contributed by atoms with Crippen LogP contribution in [-0.2, 0) is 0 Å². The van der Waals surface area contributed by atoms with Gasteiger partial charge in [0.05, 0.1) is 14.2 Å². The van der Waals surface area contributed by atoms with Crippen LogP contribution in [0.4, 0.5) is 0 Å². The molecule has 1 saturated heterocycles. The Hall–Kier alpha value is -1.55. The predicted molar refractivity (Wildman–Crippen MR) is 83.3 cm³/mol. The molecule has 1 aromatic rings. The number of hydrogen-bond acceptors (Lipinski definition) is 4. The van der Waals surface area contributed by atoms with Gasteiger partial charge in [0, 0.05) is 17.5 Å². The monoisotopic (exact) mass is 291 g/mol. The molecule has 1 aliphatic heterocycles. The molecule has 0 spiro atoms. The fourth-order valence-electron chi connectivity index (χ4n) is 3.25. The van der Waals surface area contributed by atoms with E-state index in [4.69, 9.17) is 9.47 Å². The third kappa shape index (κ3) is 3.21. The number of piperidine rings is 1. The minimum atomic E-state index is -0.271. The molecule has 0 amide bonds. The summed E-state index contributed by atoms with van der Waals surface area (Å²) in [5, 5.41) is 3.39. The average molecular weight is 291 g/mol. The number of ketones is 1. The van der Waals surface area contributed by atoms with E-state index in [2.05, 4.69) is 12.2 Å². The first-order valence-corrected chi connectivity index (χ1v) is 7.64. The Morgan fingerprint density at radius 1 is 1.29 bits per heavy atom. The maximum Gasteiger partial charge on any atom is 0.170 e. The minimum Gasteiger partial charge on any atom is -0.493 e. The van der Waals surface area contributed by atoms with Crippen molar-refractivity contribution in [1.29, 1.82) is 0 Å². The van der Waals surface area contributed by atoms with Gasteiger partial charge >= 0.3 is 0 Å². The van der Waals surface area contributed by atoms with Crippen LogP contribution in [0.25, 0.3) is 0 Å². The van der Waals surface area contributed by atoms with Gasteiger partial charge in [0.2, 0.25) is 0 Å². The van der Waals surface area contributed by atoms with Gasteiger partial charge < -0.3 is 14.8 Å². The molecule has 0 radical (unpaired) electrons. The molecular weight excluding hydrogens is 266 g/mol. The summed E-state index contributed by atoms with van der Waals surface area (Å²) >= 11 is 0. The molecule has 1 aliphatic rings. The number of rotatable bonds is 6. The van der Waals surface area contributed by atoms with Crippen molar-refractivity contribution in [2.24, 2.45) is 5.41 Å². The first-order valence-electron chi connectivity index (χ1n) is 7.64. The van der Waals surface area contributed by atoms with Gasteiger partial charge in [-0.3, -0.25) is 4.79 Å². The Morgan fingerprint density at radius 2 is 2.05 bits per heavy atom. The maximum absolute atomic E-state index is 13.0. The lowest BCUT2D eigenvalue weighted by atomic mass is 9.71. The second-order valence-electron chi connectivity index (χ2n) is 5.71. The van der Waals surface area contributed by atoms with Crippen molar-refractivity contribution in [3.63, 3.8) is 0 Å². The molecule has 1 unspecified atom stereocenters. The molecule has 2 rings (SSSR count). The third-order valence-electron chi connectivity index (χ3n) is 4.33. The molecule has 1 aromatic carbocycles. The molecule has 1 fully saturated rings. The molecule has 1 N–H and O–H groups in total. The Morgan fingerprint density at radius 3 is 2.62 bits per heavy atom. The largest absolute Gasteiger partial charge is 0.493 e. The highest BCUT2D eigenvalue weighted by atomic mass is 16.5. The van der Waals surface area contributed by atoms with Crippen LogP contribution in [-0.4, -0.2) is 33.1 Å². The number of benzene rings is 1. The van der Waals surface area contributed by atoms with E-state index in [1.54, 1.807) is 20.3 Å². The number of hydrogen-bond donors (Lipinski definition) is 1. The summed E-state index contributed by atoms with van der Waals surface area (Å²) in [5.41, 5.74) is 0.442. The Balaban J connectivity index is 2.32. The molecule has 0 bridgehead atoms. The molecule has 21 heavy (non-hydrogen) atoms. The van der Waals surface area contributed by atoms with Crippen molar-refractivity contribution in [2.75, 3.05) is 27.3 Å². The molecule has 4 nitrogen and oxygen atoms in total. The molecule has 0 saturated carbocycles. The van der Waals surface area contributed by atoms with E-state index >= 15 is 0 Å². The van der Waals surface area contributed by atoms with Crippen molar-refractivity contribution in [3.05, 3.63) is 23.8 Å². The number of methoxy groups -OCH3 is 2. The fraction of sp³-hybridized carbons (Fsp3) is 0.588. The molecule has 116 valence electrons. The van der Waals surface area contributed by atoms with Crippen molar-refractivity contribution in [3.8, 4) is 11.5 Å². The van der Waals surface area contributed by atoms with Crippen LogP contribution >= 0.6 is 0 Å². The zero-order chi connectivity index (χ0) is 15.3. The lowest BCUT2D eigenvalue weighted by molar-refractivity contribution is 0.0717. The van der Waals surface area contributed by atoms with Gasteiger partial charge in [-0.05, 0) is 44.0 Å². The van der Waals surface area contributed by atoms with Gasteiger partial charge in [-0.25, -0.2) is 0 Å². The highest BCUT2D eigenvalue weighted by Gasteiger charge is 2.39. The van der Waals surface area contributed by atoms with Gasteiger partial charge in [0.25, 0.3) is 0 Å². The summed E-state index contributed by atoms with van der Waals surface area (Å²) in [6.07, 6.45) is 3.95. The summed E-state index contributed by atoms with van der Waals surface area (Å²) in [6.45, 7) is 3.91. The van der Waals surface area contributed by atoms with Crippen molar-refractivity contribution in [1.82, 2.24) is 5.32 Å². The highest BCUT2D eigenvalue weighted by molar-refractivity contribution is 6.01. The number of carbonyl (C=O) groups excluding carboxylic acids is 1. The minimum absolute atomic E-state index is 0.220. The zero-order valence-electron chi connectivity index (χ0n) is 13.2. The van der Waals surface area contributed by atoms with E-state index in [0.29, 0.717) is 17.1 Å². The summed E-state index contributed by atoms with van der Waals surface area (Å²) in [4.78, 5) is 13.0. The molecule has 0 aromatic heterocycles. The van der Waals surface area contributed by atoms with E-state index in [9.17, 15) is 4.79 Å². The van der Waals surface area contributed by atoms with E-state index in [-0.39, 0.29) is 11.2 Å². The predicted octanol–water partition coefficient (Wildman–Crippen LogP) is 3.06. The van der Waals surface area contributed by atoms with E-state index in [1.807, 2.05) is 12.1 Å². The number of Topliss-reactive ketones (excluding diaryl/α,β-unsaturated/α-hetero) is 1. The van der Waals surface area contributed by atoms with Crippen LogP contribution in [0.1, 0.15) is 43.0 Å². The lowest BCUT2D eigenvalue weighted by Gasteiger charge is -2.36. The summed E-state index contributed by atoms with van der Waals surface area (Å²) in [6, 6.07) is 5.45. The van der Waals surface area contributed by atoms with Crippen molar-refractivity contribution >= 4 is 5.78 Å². The lowest BCUT2D eigenvalue weighted by Crippen LogP contribution is -2.45. The van der Waals surface area contributed by atoms with Crippen LogP contribution in [0.15, 0.2) is 18.2 Å². The molecule has 0 aliphatic carbocycles. The van der Waals surface area contributed by atoms with Gasteiger partial charge in [-0.1, -0.05) is 13.3 Å². The Bertz CT molecular complexity index is 487. The van der Waals surface area contributed by atoms with Gasteiger partial charge in [0.1, 0.15) is 0 Å². The Kier molecular flexibility index (Phi) is 5.23. The second kappa shape index (κ2) is 6.94. The van der Waals surface area contributed by atoms with Gasteiger partial charge in [-0.15, -0.1) is 0 Å². The highest BCUT2D eigenvalue weighted by Crippen LogP contribution is 2.37. The summed E-state index contributed by atoms with van der Waals surface area (Å²) in [7, 11) is 3.19. The van der Waals surface area contributed by atoms with Crippen LogP contribution in [0.2, 0.25) is 0 Å². The molecule has 1 heterocycles. The number of carbonyl (C=O) groups is 1. The topological polar surface area (TPSA) is 47.6 Å². The van der Waals surface area contributed by atoms with E-state index < -0.39 is 0 Å². The average Bonchev–Trinajstić information content (AvgIpc) is 2.54. The van der Waals surface area contributed by atoms with E-state index in [1.165, 1.54) is 0 Å². The summed E-state index contributed by atoms with van der Waals surface area (Å²) in [5.74, 6) is 1.48. The quantitative estimate of drug-likeness (QED) is 0.818.